The first-order valence-electron chi connectivity index (χ1n) is 8.64. The molecule has 1 aromatic rings. The van der Waals surface area contributed by atoms with Crippen molar-refractivity contribution >= 4 is 5.97 Å². The topological polar surface area (TPSA) is 49.3 Å². The van der Waals surface area contributed by atoms with Gasteiger partial charge in [0.05, 0.1) is 0 Å². The number of unbranched alkanes of at least 4 members (excludes halogenated alkanes) is 1. The molecule has 3 nitrogen and oxygen atoms in total. The van der Waals surface area contributed by atoms with Gasteiger partial charge in [0.1, 0.15) is 6.04 Å². The molecule has 1 fully saturated rings. The van der Waals surface area contributed by atoms with E-state index in [0.717, 1.165) is 32.1 Å². The van der Waals surface area contributed by atoms with Gasteiger partial charge in [-0.15, -0.1) is 0 Å². The number of carboxylic acid groups (broad SMARTS) is 1. The van der Waals surface area contributed by atoms with E-state index < -0.39 is 12.0 Å². The van der Waals surface area contributed by atoms with Crippen molar-refractivity contribution in [3.8, 4) is 0 Å². The highest BCUT2D eigenvalue weighted by molar-refractivity contribution is 5.73. The molecule has 1 aliphatic carbocycles. The maximum absolute atomic E-state index is 11.4. The molecule has 0 saturated heterocycles. The van der Waals surface area contributed by atoms with Gasteiger partial charge in [0.2, 0.25) is 0 Å². The third-order valence-electron chi connectivity index (χ3n) is 4.80. The summed E-state index contributed by atoms with van der Waals surface area (Å²) in [6.45, 7) is 4.39. The molecule has 4 unspecified atom stereocenters. The van der Waals surface area contributed by atoms with Gasteiger partial charge in [-0.05, 0) is 43.1 Å². The van der Waals surface area contributed by atoms with E-state index in [0.29, 0.717) is 17.9 Å². The molecule has 2 rings (SSSR count). The van der Waals surface area contributed by atoms with E-state index in [9.17, 15) is 9.90 Å². The molecular formula is C19H29NO2. The Bertz CT molecular complexity index is 460. The van der Waals surface area contributed by atoms with Crippen LogP contribution in [0.1, 0.15) is 63.9 Å². The van der Waals surface area contributed by atoms with E-state index in [1.54, 1.807) is 0 Å². The molecule has 0 aliphatic heterocycles. The Morgan fingerprint density at radius 1 is 1.27 bits per heavy atom. The van der Waals surface area contributed by atoms with Gasteiger partial charge in [-0.2, -0.15) is 0 Å². The fourth-order valence-corrected chi connectivity index (χ4v) is 3.71. The Kier molecular flexibility index (Phi) is 6.44. The molecule has 3 heteroatoms. The largest absolute Gasteiger partial charge is 0.480 e. The predicted molar refractivity (Wildman–Crippen MR) is 90.1 cm³/mol. The van der Waals surface area contributed by atoms with Crippen LogP contribution < -0.4 is 5.32 Å². The smallest absolute Gasteiger partial charge is 0.320 e. The van der Waals surface area contributed by atoms with E-state index in [4.69, 9.17) is 0 Å². The first kappa shape index (κ1) is 17.0. The van der Waals surface area contributed by atoms with Crippen LogP contribution in [0.2, 0.25) is 0 Å². The zero-order valence-corrected chi connectivity index (χ0v) is 13.8. The number of benzene rings is 1. The Labute approximate surface area is 134 Å². The van der Waals surface area contributed by atoms with Crippen molar-refractivity contribution in [2.24, 2.45) is 5.92 Å². The lowest BCUT2D eigenvalue weighted by atomic mass is 9.76. The standard InChI is InChI=1S/C19H29NO2/c1-3-4-10-18(19(21)22)20-17-12-14(2)11-16(13-17)15-8-6-5-7-9-15/h5-9,14,16-18,20H,3-4,10-13H2,1-2H3,(H,21,22). The number of hydrogen-bond acceptors (Lipinski definition) is 2. The monoisotopic (exact) mass is 303 g/mol. The molecule has 2 N–H and O–H groups in total. The molecule has 1 saturated carbocycles. The average molecular weight is 303 g/mol. The maximum atomic E-state index is 11.4. The highest BCUT2D eigenvalue weighted by Crippen LogP contribution is 2.36. The quantitative estimate of drug-likeness (QED) is 0.794. The molecule has 0 aromatic heterocycles. The summed E-state index contributed by atoms with van der Waals surface area (Å²) in [5.41, 5.74) is 1.39. The molecule has 1 aromatic carbocycles. The highest BCUT2D eigenvalue weighted by atomic mass is 16.4. The Morgan fingerprint density at radius 2 is 2.00 bits per heavy atom. The second-order valence-corrected chi connectivity index (χ2v) is 6.82. The van der Waals surface area contributed by atoms with Crippen LogP contribution >= 0.6 is 0 Å². The van der Waals surface area contributed by atoms with Gasteiger partial charge in [-0.25, -0.2) is 0 Å². The van der Waals surface area contributed by atoms with Crippen molar-refractivity contribution in [2.45, 2.75) is 70.4 Å². The van der Waals surface area contributed by atoms with Gasteiger partial charge in [0, 0.05) is 6.04 Å². The van der Waals surface area contributed by atoms with Crippen LogP contribution in [-0.4, -0.2) is 23.2 Å². The van der Waals surface area contributed by atoms with Gasteiger partial charge >= 0.3 is 5.97 Å². The van der Waals surface area contributed by atoms with Gasteiger partial charge < -0.3 is 10.4 Å². The van der Waals surface area contributed by atoms with E-state index in [1.165, 1.54) is 12.0 Å². The van der Waals surface area contributed by atoms with E-state index in [-0.39, 0.29) is 0 Å². The van der Waals surface area contributed by atoms with Crippen LogP contribution in [-0.2, 0) is 4.79 Å². The summed E-state index contributed by atoms with van der Waals surface area (Å²) in [5, 5.41) is 12.8. The lowest BCUT2D eigenvalue weighted by Gasteiger charge is -2.35. The normalized spacial score (nSPS) is 26.5. The molecule has 0 radical (unpaired) electrons. The lowest BCUT2D eigenvalue weighted by molar-refractivity contribution is -0.140. The summed E-state index contributed by atoms with van der Waals surface area (Å²) in [6, 6.07) is 10.6. The molecule has 0 spiro atoms. The van der Waals surface area contributed by atoms with Gasteiger partial charge in [0.15, 0.2) is 0 Å². The van der Waals surface area contributed by atoms with E-state index in [2.05, 4.69) is 49.5 Å². The molecule has 4 atom stereocenters. The molecule has 0 bridgehead atoms. The van der Waals surface area contributed by atoms with Crippen LogP contribution in [0, 0.1) is 5.92 Å². The molecule has 1 aliphatic rings. The fourth-order valence-electron chi connectivity index (χ4n) is 3.71. The van der Waals surface area contributed by atoms with Crippen molar-refractivity contribution in [1.29, 1.82) is 0 Å². The van der Waals surface area contributed by atoms with Crippen LogP contribution in [0.3, 0.4) is 0 Å². The second kappa shape index (κ2) is 8.33. The fraction of sp³-hybridized carbons (Fsp3) is 0.632. The molecule has 122 valence electrons. The summed E-state index contributed by atoms with van der Waals surface area (Å²) in [4.78, 5) is 11.4. The van der Waals surface area contributed by atoms with Crippen LogP contribution in [0.15, 0.2) is 30.3 Å². The van der Waals surface area contributed by atoms with Crippen molar-refractivity contribution in [1.82, 2.24) is 5.32 Å². The van der Waals surface area contributed by atoms with E-state index in [1.807, 2.05) is 0 Å². The summed E-state index contributed by atoms with van der Waals surface area (Å²) in [7, 11) is 0. The molecular weight excluding hydrogens is 274 g/mol. The predicted octanol–water partition coefficient (Wildman–Crippen LogP) is 4.19. The van der Waals surface area contributed by atoms with Crippen molar-refractivity contribution in [3.63, 3.8) is 0 Å². The minimum Gasteiger partial charge on any atom is -0.480 e. The lowest BCUT2D eigenvalue weighted by Crippen LogP contribution is -2.46. The summed E-state index contributed by atoms with van der Waals surface area (Å²) in [6.07, 6.45) is 6.07. The number of hydrogen-bond donors (Lipinski definition) is 2. The maximum Gasteiger partial charge on any atom is 0.320 e. The molecule has 0 amide bonds. The number of carboxylic acids is 1. The number of aliphatic carboxylic acids is 1. The zero-order valence-electron chi connectivity index (χ0n) is 13.8. The summed E-state index contributed by atoms with van der Waals surface area (Å²) >= 11 is 0. The third kappa shape index (κ3) is 4.84. The van der Waals surface area contributed by atoms with Gasteiger partial charge in [0.25, 0.3) is 0 Å². The zero-order chi connectivity index (χ0) is 15.9. The van der Waals surface area contributed by atoms with Crippen molar-refractivity contribution in [3.05, 3.63) is 35.9 Å². The average Bonchev–Trinajstić information content (AvgIpc) is 2.51. The summed E-state index contributed by atoms with van der Waals surface area (Å²) < 4.78 is 0. The molecule has 0 heterocycles. The van der Waals surface area contributed by atoms with Crippen molar-refractivity contribution < 1.29 is 9.90 Å². The van der Waals surface area contributed by atoms with Crippen LogP contribution in [0.4, 0.5) is 0 Å². The first-order chi connectivity index (χ1) is 10.6. The van der Waals surface area contributed by atoms with Gasteiger partial charge in [-0.3, -0.25) is 4.79 Å². The Morgan fingerprint density at radius 3 is 2.64 bits per heavy atom. The van der Waals surface area contributed by atoms with Gasteiger partial charge in [-0.1, -0.05) is 57.0 Å². The van der Waals surface area contributed by atoms with Crippen molar-refractivity contribution in [2.75, 3.05) is 0 Å². The SMILES string of the molecule is CCCCC(NC1CC(C)CC(c2ccccc2)C1)C(=O)O. The minimum absolute atomic E-state index is 0.312. The highest BCUT2D eigenvalue weighted by Gasteiger charge is 2.30. The van der Waals surface area contributed by atoms with Crippen LogP contribution in [0.5, 0.6) is 0 Å². The third-order valence-corrected chi connectivity index (χ3v) is 4.80. The number of rotatable bonds is 7. The Balaban J connectivity index is 1.99. The summed E-state index contributed by atoms with van der Waals surface area (Å²) in [5.74, 6) is 0.475. The minimum atomic E-state index is -0.706. The first-order valence-corrected chi connectivity index (χ1v) is 8.64. The second-order valence-electron chi connectivity index (χ2n) is 6.82. The number of nitrogens with one attached hydrogen (secondary N) is 1. The van der Waals surface area contributed by atoms with E-state index >= 15 is 0 Å². The Hall–Kier alpha value is -1.35. The molecule has 22 heavy (non-hydrogen) atoms. The van der Waals surface area contributed by atoms with Crippen LogP contribution in [0.25, 0.3) is 0 Å². The number of carbonyl (C=O) groups is 1.